The number of hydrogen-bond donors (Lipinski definition) is 0. The van der Waals surface area contributed by atoms with Gasteiger partial charge in [0.05, 0.1) is 6.21 Å². The number of amidine groups is 1. The van der Waals surface area contributed by atoms with Crippen LogP contribution in [-0.4, -0.2) is 12.1 Å². The molecule has 1 unspecified atom stereocenters. The molecule has 1 aliphatic rings. The van der Waals surface area contributed by atoms with E-state index in [0.29, 0.717) is 18.0 Å². The van der Waals surface area contributed by atoms with E-state index in [0.717, 1.165) is 9.33 Å². The van der Waals surface area contributed by atoms with Gasteiger partial charge in [-0.05, 0) is 40.3 Å². The molecule has 100 valence electrons. The second-order valence-electron chi connectivity index (χ2n) is 4.25. The molecule has 0 amide bonds. The molecule has 1 aromatic heterocycles. The highest BCUT2D eigenvalue weighted by Crippen LogP contribution is 2.27. The molecule has 3 rings (SSSR count). The number of furan rings is 1. The summed E-state index contributed by atoms with van der Waals surface area (Å²) in [6, 6.07) is 13.8. The van der Waals surface area contributed by atoms with Crippen molar-refractivity contribution in [2.24, 2.45) is 20.4 Å². The Bertz CT molecular complexity index is 675. The molecule has 2 aromatic rings. The normalized spacial score (nSPS) is 20.2. The van der Waals surface area contributed by atoms with Gasteiger partial charge in [0.15, 0.2) is 9.60 Å². The minimum atomic E-state index is 0.0507. The molecule has 0 fully saturated rings. The third-order valence-electron chi connectivity index (χ3n) is 2.82. The Morgan fingerprint density at radius 3 is 2.80 bits per heavy atom. The van der Waals surface area contributed by atoms with Crippen LogP contribution in [0.3, 0.4) is 0 Å². The summed E-state index contributed by atoms with van der Waals surface area (Å²) in [5.41, 5.74) is 1.14. The van der Waals surface area contributed by atoms with Crippen LogP contribution in [-0.2, 0) is 0 Å². The van der Waals surface area contributed by atoms with Gasteiger partial charge in [0.1, 0.15) is 11.8 Å². The summed E-state index contributed by atoms with van der Waals surface area (Å²) in [7, 11) is 0. The van der Waals surface area contributed by atoms with E-state index < -0.39 is 0 Å². The molecule has 5 nitrogen and oxygen atoms in total. The fraction of sp³-hybridized carbons (Fsp3) is 0.143. The van der Waals surface area contributed by atoms with Crippen molar-refractivity contribution < 1.29 is 4.42 Å². The smallest absolute Gasteiger partial charge is 0.175 e. The van der Waals surface area contributed by atoms with Crippen molar-refractivity contribution >= 4 is 34.6 Å². The van der Waals surface area contributed by atoms with Gasteiger partial charge in [-0.1, -0.05) is 30.3 Å². The maximum atomic E-state index is 5.35. The minimum Gasteiger partial charge on any atom is -0.449 e. The van der Waals surface area contributed by atoms with Crippen molar-refractivity contribution in [3.63, 3.8) is 0 Å². The molecule has 1 aromatic carbocycles. The minimum absolute atomic E-state index is 0.0507. The predicted molar refractivity (Wildman–Crippen MR) is 85.1 cm³/mol. The molecular formula is C14H11IN4O. The first-order valence-electron chi connectivity index (χ1n) is 6.12. The zero-order chi connectivity index (χ0) is 13.8. The summed E-state index contributed by atoms with van der Waals surface area (Å²) >= 11 is 2.10. The van der Waals surface area contributed by atoms with Crippen molar-refractivity contribution in [1.82, 2.24) is 0 Å². The molecule has 1 atom stereocenters. The van der Waals surface area contributed by atoms with E-state index in [9.17, 15) is 0 Å². The van der Waals surface area contributed by atoms with Crippen LogP contribution in [0.5, 0.6) is 0 Å². The highest BCUT2D eigenvalue weighted by atomic mass is 127. The molecular weight excluding hydrogens is 367 g/mol. The number of benzene rings is 1. The summed E-state index contributed by atoms with van der Waals surface area (Å²) < 4.78 is 6.17. The summed E-state index contributed by atoms with van der Waals surface area (Å²) in [5.74, 6) is 1.31. The highest BCUT2D eigenvalue weighted by molar-refractivity contribution is 14.1. The Balaban J connectivity index is 1.64. The highest BCUT2D eigenvalue weighted by Gasteiger charge is 2.19. The number of nitrogens with zero attached hydrogens (tertiary/aromatic N) is 4. The van der Waals surface area contributed by atoms with Gasteiger partial charge in [-0.25, -0.2) is 0 Å². The monoisotopic (exact) mass is 378 g/mol. The van der Waals surface area contributed by atoms with E-state index in [1.54, 1.807) is 6.21 Å². The zero-order valence-electron chi connectivity index (χ0n) is 10.5. The molecule has 20 heavy (non-hydrogen) atoms. The number of hydrogen-bond acceptors (Lipinski definition) is 4. The molecule has 0 N–H and O–H groups in total. The SMILES string of the molecule is Ic1ccc(C=NN=C2CC(c3ccccc3)N=N2)o1. The summed E-state index contributed by atoms with van der Waals surface area (Å²) in [6.45, 7) is 0. The lowest BCUT2D eigenvalue weighted by Gasteiger charge is -2.02. The van der Waals surface area contributed by atoms with Gasteiger partial charge in [-0.15, -0.1) is 10.2 Å². The van der Waals surface area contributed by atoms with Crippen LogP contribution in [0.15, 0.2) is 67.3 Å². The van der Waals surface area contributed by atoms with Gasteiger partial charge >= 0.3 is 0 Å². The van der Waals surface area contributed by atoms with E-state index in [-0.39, 0.29) is 6.04 Å². The molecule has 0 aliphatic carbocycles. The lowest BCUT2D eigenvalue weighted by atomic mass is 10.1. The average molecular weight is 378 g/mol. The predicted octanol–water partition coefficient (Wildman–Crippen LogP) is 4.21. The number of azo groups is 1. The fourth-order valence-corrected chi connectivity index (χ4v) is 2.30. The molecule has 0 saturated heterocycles. The van der Waals surface area contributed by atoms with Gasteiger partial charge in [-0.2, -0.15) is 10.2 Å². The van der Waals surface area contributed by atoms with Gasteiger partial charge in [0, 0.05) is 6.42 Å². The third-order valence-corrected chi connectivity index (χ3v) is 3.40. The van der Waals surface area contributed by atoms with Crippen molar-refractivity contribution in [3.8, 4) is 0 Å². The van der Waals surface area contributed by atoms with E-state index in [4.69, 9.17) is 4.42 Å². The largest absolute Gasteiger partial charge is 0.449 e. The molecule has 6 heteroatoms. The maximum Gasteiger partial charge on any atom is 0.175 e. The Kier molecular flexibility index (Phi) is 4.00. The standard InChI is InChI=1S/C14H11IN4O/c15-13-7-6-11(20-13)9-16-18-14-8-12(17-19-14)10-4-2-1-3-5-10/h1-7,9,12H,8H2. The van der Waals surface area contributed by atoms with Crippen molar-refractivity contribution in [3.05, 3.63) is 57.6 Å². The lowest BCUT2D eigenvalue weighted by molar-refractivity contribution is 0.531. The van der Waals surface area contributed by atoms with Crippen molar-refractivity contribution in [1.29, 1.82) is 0 Å². The van der Waals surface area contributed by atoms with Crippen LogP contribution in [0.4, 0.5) is 0 Å². The van der Waals surface area contributed by atoms with Gasteiger partial charge in [-0.3, -0.25) is 0 Å². The van der Waals surface area contributed by atoms with E-state index >= 15 is 0 Å². The summed E-state index contributed by atoms with van der Waals surface area (Å²) in [5, 5.41) is 16.3. The molecule has 2 heterocycles. The van der Waals surface area contributed by atoms with Crippen LogP contribution in [0, 0.1) is 3.77 Å². The Labute approximate surface area is 129 Å². The van der Waals surface area contributed by atoms with E-state index in [2.05, 4.69) is 43.0 Å². The summed E-state index contributed by atoms with van der Waals surface area (Å²) in [6.07, 6.45) is 2.25. The first kappa shape index (κ1) is 13.2. The second-order valence-corrected chi connectivity index (χ2v) is 5.31. The van der Waals surface area contributed by atoms with Crippen molar-refractivity contribution in [2.45, 2.75) is 12.5 Å². The quantitative estimate of drug-likeness (QED) is 0.448. The number of rotatable bonds is 3. The lowest BCUT2D eigenvalue weighted by Crippen LogP contribution is -1.95. The van der Waals surface area contributed by atoms with Gasteiger partial charge < -0.3 is 4.42 Å². The zero-order valence-corrected chi connectivity index (χ0v) is 12.6. The van der Waals surface area contributed by atoms with Gasteiger partial charge in [0.2, 0.25) is 0 Å². The molecule has 0 spiro atoms. The molecule has 0 radical (unpaired) electrons. The number of halogens is 1. The molecule has 0 bridgehead atoms. The summed E-state index contributed by atoms with van der Waals surface area (Å²) in [4.78, 5) is 0. The van der Waals surface area contributed by atoms with Crippen LogP contribution < -0.4 is 0 Å². The van der Waals surface area contributed by atoms with E-state index in [1.807, 2.05) is 42.5 Å². The van der Waals surface area contributed by atoms with Crippen LogP contribution in [0.2, 0.25) is 0 Å². The average Bonchev–Trinajstić information content (AvgIpc) is 3.09. The van der Waals surface area contributed by atoms with Crippen molar-refractivity contribution in [2.75, 3.05) is 0 Å². The van der Waals surface area contributed by atoms with Crippen LogP contribution in [0.1, 0.15) is 23.8 Å². The Hall–Kier alpha value is -1.83. The molecule has 1 aliphatic heterocycles. The van der Waals surface area contributed by atoms with Crippen LogP contribution in [0.25, 0.3) is 0 Å². The molecule has 0 saturated carbocycles. The maximum absolute atomic E-state index is 5.35. The van der Waals surface area contributed by atoms with Crippen LogP contribution >= 0.6 is 22.6 Å². The Morgan fingerprint density at radius 2 is 2.05 bits per heavy atom. The fourth-order valence-electron chi connectivity index (χ4n) is 1.86. The topological polar surface area (TPSA) is 62.6 Å². The second kappa shape index (κ2) is 6.08. The Morgan fingerprint density at radius 1 is 1.20 bits per heavy atom. The van der Waals surface area contributed by atoms with Gasteiger partial charge in [0.25, 0.3) is 0 Å². The van der Waals surface area contributed by atoms with E-state index in [1.165, 1.54) is 0 Å². The third kappa shape index (κ3) is 3.19. The first-order valence-corrected chi connectivity index (χ1v) is 7.20. The first-order chi connectivity index (χ1) is 9.81.